The average molecular weight is 181 g/mol. The zero-order chi connectivity index (χ0) is 10.0. The highest BCUT2D eigenvalue weighted by atomic mass is 16.1. The third-order valence-corrected chi connectivity index (χ3v) is 1.77. The molecule has 1 aromatic heterocycles. The Balaban J connectivity index is 2.90. The lowest BCUT2D eigenvalue weighted by Gasteiger charge is -2.06. The number of hydrogen-bond donors (Lipinski definition) is 1. The van der Waals surface area contributed by atoms with Gasteiger partial charge in [-0.25, -0.2) is 0 Å². The van der Waals surface area contributed by atoms with Crippen molar-refractivity contribution in [1.82, 2.24) is 9.78 Å². The second kappa shape index (κ2) is 3.60. The van der Waals surface area contributed by atoms with Crippen LogP contribution in [0.15, 0.2) is 6.07 Å². The highest BCUT2D eigenvalue weighted by Gasteiger charge is 2.09. The zero-order valence-electron chi connectivity index (χ0n) is 8.24. The van der Waals surface area contributed by atoms with Crippen LogP contribution in [-0.4, -0.2) is 15.7 Å². The number of nitrogens with two attached hydrogens (primary N) is 1. The molecular formula is C9H15N3O. The molecule has 0 aliphatic rings. The summed E-state index contributed by atoms with van der Waals surface area (Å²) >= 11 is 0. The maximum atomic E-state index is 10.8. The van der Waals surface area contributed by atoms with Crippen molar-refractivity contribution < 1.29 is 4.79 Å². The van der Waals surface area contributed by atoms with Crippen LogP contribution in [0.3, 0.4) is 0 Å². The maximum Gasteiger partial charge on any atom is 0.269 e. The smallest absolute Gasteiger partial charge is 0.269 e. The Hall–Kier alpha value is -1.32. The van der Waals surface area contributed by atoms with Crippen LogP contribution in [0.5, 0.6) is 0 Å². The summed E-state index contributed by atoms with van der Waals surface area (Å²) in [5.74, 6) is 0.0462. The molecule has 0 saturated carbocycles. The lowest BCUT2D eigenvalue weighted by molar-refractivity contribution is 0.0994. The summed E-state index contributed by atoms with van der Waals surface area (Å²) in [5, 5.41) is 4.09. The predicted molar refractivity (Wildman–Crippen MR) is 50.3 cm³/mol. The minimum atomic E-state index is -0.467. The van der Waals surface area contributed by atoms with Crippen LogP contribution in [-0.2, 0) is 6.54 Å². The molecule has 1 aromatic rings. The van der Waals surface area contributed by atoms with Gasteiger partial charge in [0.25, 0.3) is 5.91 Å². The van der Waals surface area contributed by atoms with Crippen LogP contribution in [0.1, 0.15) is 30.0 Å². The second-order valence-electron chi connectivity index (χ2n) is 3.61. The normalized spacial score (nSPS) is 10.8. The number of amides is 1. The Labute approximate surface area is 77.7 Å². The van der Waals surface area contributed by atoms with Gasteiger partial charge in [0, 0.05) is 12.2 Å². The van der Waals surface area contributed by atoms with E-state index in [4.69, 9.17) is 5.73 Å². The minimum Gasteiger partial charge on any atom is -0.364 e. The Bertz CT molecular complexity index is 315. The predicted octanol–water partition coefficient (Wildman–Crippen LogP) is 0.946. The van der Waals surface area contributed by atoms with Gasteiger partial charge < -0.3 is 5.73 Å². The number of rotatable bonds is 3. The molecule has 1 rings (SSSR count). The third kappa shape index (κ3) is 2.31. The topological polar surface area (TPSA) is 60.9 Å². The molecule has 0 radical (unpaired) electrons. The molecule has 4 nitrogen and oxygen atoms in total. The molecule has 0 saturated heterocycles. The third-order valence-electron chi connectivity index (χ3n) is 1.77. The summed E-state index contributed by atoms with van der Waals surface area (Å²) in [6, 6.07) is 1.71. The Morgan fingerprint density at radius 1 is 1.69 bits per heavy atom. The summed E-state index contributed by atoms with van der Waals surface area (Å²) in [6.07, 6.45) is 0. The highest BCUT2D eigenvalue weighted by Crippen LogP contribution is 2.05. The lowest BCUT2D eigenvalue weighted by atomic mass is 10.2. The standard InChI is InChI=1S/C9H15N3O/c1-6(2)5-12-7(3)4-8(11-12)9(10)13/h4,6H,5H2,1-3H3,(H2,10,13). The summed E-state index contributed by atoms with van der Waals surface area (Å²) in [7, 11) is 0. The van der Waals surface area contributed by atoms with Crippen molar-refractivity contribution in [3.8, 4) is 0 Å². The molecule has 13 heavy (non-hydrogen) atoms. The molecule has 0 aliphatic heterocycles. The fourth-order valence-electron chi connectivity index (χ4n) is 1.16. The molecule has 4 heteroatoms. The average Bonchev–Trinajstić information content (AvgIpc) is 2.31. The van der Waals surface area contributed by atoms with Crippen molar-refractivity contribution >= 4 is 5.91 Å². The van der Waals surface area contributed by atoms with Gasteiger partial charge in [0.1, 0.15) is 5.69 Å². The molecule has 1 amide bonds. The van der Waals surface area contributed by atoms with Crippen LogP contribution in [0, 0.1) is 12.8 Å². The van der Waals surface area contributed by atoms with Crippen molar-refractivity contribution in [1.29, 1.82) is 0 Å². The van der Waals surface area contributed by atoms with E-state index in [2.05, 4.69) is 18.9 Å². The number of carbonyl (C=O) groups excluding carboxylic acids is 1. The van der Waals surface area contributed by atoms with Gasteiger partial charge in [-0.2, -0.15) is 5.10 Å². The molecule has 0 spiro atoms. The monoisotopic (exact) mass is 181 g/mol. The minimum absolute atomic E-state index is 0.346. The number of nitrogens with zero attached hydrogens (tertiary/aromatic N) is 2. The van der Waals surface area contributed by atoms with E-state index in [1.54, 1.807) is 6.07 Å². The Kier molecular flexibility index (Phi) is 2.70. The first-order valence-corrected chi connectivity index (χ1v) is 4.35. The number of primary amides is 1. The van der Waals surface area contributed by atoms with Gasteiger partial charge >= 0.3 is 0 Å². The second-order valence-corrected chi connectivity index (χ2v) is 3.61. The zero-order valence-corrected chi connectivity index (χ0v) is 8.24. The van der Waals surface area contributed by atoms with E-state index in [-0.39, 0.29) is 0 Å². The Morgan fingerprint density at radius 2 is 2.31 bits per heavy atom. The van der Waals surface area contributed by atoms with Gasteiger partial charge in [0.15, 0.2) is 0 Å². The molecule has 72 valence electrons. The quantitative estimate of drug-likeness (QED) is 0.754. The largest absolute Gasteiger partial charge is 0.364 e. The van der Waals surface area contributed by atoms with Gasteiger partial charge in [-0.05, 0) is 18.9 Å². The SMILES string of the molecule is Cc1cc(C(N)=O)nn1CC(C)C. The number of carbonyl (C=O) groups is 1. The summed E-state index contributed by atoms with van der Waals surface area (Å²) in [4.78, 5) is 10.8. The number of aryl methyl sites for hydroxylation is 1. The van der Waals surface area contributed by atoms with Crippen molar-refractivity contribution in [3.05, 3.63) is 17.5 Å². The van der Waals surface area contributed by atoms with Crippen molar-refractivity contribution in [2.75, 3.05) is 0 Å². The molecule has 0 fully saturated rings. The molecule has 2 N–H and O–H groups in total. The van der Waals surface area contributed by atoms with Crippen molar-refractivity contribution in [2.45, 2.75) is 27.3 Å². The molecule has 0 atom stereocenters. The molecular weight excluding hydrogens is 166 g/mol. The fourth-order valence-corrected chi connectivity index (χ4v) is 1.16. The van der Waals surface area contributed by atoms with E-state index in [1.165, 1.54) is 0 Å². The van der Waals surface area contributed by atoms with Gasteiger partial charge in [-0.3, -0.25) is 9.48 Å². The molecule has 0 aliphatic carbocycles. The van der Waals surface area contributed by atoms with Crippen molar-refractivity contribution in [3.63, 3.8) is 0 Å². The molecule has 0 aromatic carbocycles. The lowest BCUT2D eigenvalue weighted by Crippen LogP contribution is -2.13. The van der Waals surface area contributed by atoms with Crippen LogP contribution in [0.4, 0.5) is 0 Å². The van der Waals surface area contributed by atoms with Gasteiger partial charge in [-0.15, -0.1) is 0 Å². The van der Waals surface area contributed by atoms with Crippen LogP contribution >= 0.6 is 0 Å². The van der Waals surface area contributed by atoms with Crippen LogP contribution < -0.4 is 5.73 Å². The highest BCUT2D eigenvalue weighted by molar-refractivity contribution is 5.90. The van der Waals surface area contributed by atoms with E-state index >= 15 is 0 Å². The first kappa shape index (κ1) is 9.77. The molecule has 0 bridgehead atoms. The van der Waals surface area contributed by atoms with Gasteiger partial charge in [0.05, 0.1) is 0 Å². The van der Waals surface area contributed by atoms with E-state index in [9.17, 15) is 4.79 Å². The van der Waals surface area contributed by atoms with Gasteiger partial charge in [0.2, 0.25) is 0 Å². The van der Waals surface area contributed by atoms with E-state index in [0.717, 1.165) is 12.2 Å². The maximum absolute atomic E-state index is 10.8. The summed E-state index contributed by atoms with van der Waals surface area (Å²) < 4.78 is 1.81. The Morgan fingerprint density at radius 3 is 2.69 bits per heavy atom. The first-order chi connectivity index (χ1) is 6.00. The van der Waals surface area contributed by atoms with Crippen LogP contribution in [0.25, 0.3) is 0 Å². The van der Waals surface area contributed by atoms with Crippen molar-refractivity contribution in [2.24, 2.45) is 11.7 Å². The van der Waals surface area contributed by atoms with Gasteiger partial charge in [-0.1, -0.05) is 13.8 Å². The summed E-state index contributed by atoms with van der Waals surface area (Å²) in [5.41, 5.74) is 6.43. The van der Waals surface area contributed by atoms with E-state index < -0.39 is 5.91 Å². The first-order valence-electron chi connectivity index (χ1n) is 4.35. The fraction of sp³-hybridized carbons (Fsp3) is 0.556. The number of hydrogen-bond acceptors (Lipinski definition) is 2. The summed E-state index contributed by atoms with van der Waals surface area (Å²) in [6.45, 7) is 6.94. The van der Waals surface area contributed by atoms with E-state index in [1.807, 2.05) is 11.6 Å². The van der Waals surface area contributed by atoms with Crippen LogP contribution in [0.2, 0.25) is 0 Å². The number of aromatic nitrogens is 2. The molecule has 1 heterocycles. The van der Waals surface area contributed by atoms with E-state index in [0.29, 0.717) is 11.6 Å². The molecule has 0 unspecified atom stereocenters.